The van der Waals surface area contributed by atoms with Gasteiger partial charge in [-0.3, -0.25) is 0 Å². The summed E-state index contributed by atoms with van der Waals surface area (Å²) in [5.41, 5.74) is 0. The quantitative estimate of drug-likeness (QED) is 0.594. The normalized spacial score (nSPS) is 11.4. The molecule has 3 nitrogen and oxygen atoms in total. The minimum Gasteiger partial charge on any atom is -0.476 e. The molecular weight excluding hydrogens is 226 g/mol. The van der Waals surface area contributed by atoms with Crippen LogP contribution in [0.2, 0.25) is 0 Å². The van der Waals surface area contributed by atoms with Crippen molar-refractivity contribution in [3.63, 3.8) is 0 Å². The lowest BCUT2D eigenvalue weighted by Crippen LogP contribution is -1.97. The molecule has 0 fully saturated rings. The number of unbranched alkanes of at least 4 members (excludes halogenated alkanes) is 3. The van der Waals surface area contributed by atoms with Gasteiger partial charge in [0.25, 0.3) is 5.88 Å². The Morgan fingerprint density at radius 3 is 2.44 bits per heavy atom. The van der Waals surface area contributed by atoms with E-state index >= 15 is 0 Å². The molecule has 0 spiro atoms. The summed E-state index contributed by atoms with van der Waals surface area (Å²) in [7, 11) is 0. The molecule has 0 bridgehead atoms. The number of hydrogen-bond acceptors (Lipinski definition) is 3. The summed E-state index contributed by atoms with van der Waals surface area (Å²) in [5, 5.41) is 3.90. The number of nitrogens with zero attached hydrogens (tertiary/aromatic N) is 1. The molecule has 1 rings (SSSR count). The van der Waals surface area contributed by atoms with Crippen LogP contribution in [0.3, 0.4) is 0 Å². The van der Waals surface area contributed by atoms with E-state index in [1.54, 1.807) is 0 Å². The summed E-state index contributed by atoms with van der Waals surface area (Å²) in [4.78, 5) is 0. The predicted molar refractivity (Wildman–Crippen MR) is 74.0 cm³/mol. The Morgan fingerprint density at radius 1 is 1.11 bits per heavy atom. The van der Waals surface area contributed by atoms with Crippen molar-refractivity contribution >= 4 is 0 Å². The molecule has 3 heteroatoms. The van der Waals surface area contributed by atoms with E-state index in [0.717, 1.165) is 24.7 Å². The average molecular weight is 253 g/mol. The molecule has 1 aromatic heterocycles. The first-order chi connectivity index (χ1) is 8.59. The van der Waals surface area contributed by atoms with Crippen LogP contribution in [0.4, 0.5) is 0 Å². The van der Waals surface area contributed by atoms with Crippen molar-refractivity contribution in [3.05, 3.63) is 11.8 Å². The minimum atomic E-state index is 0.367. The summed E-state index contributed by atoms with van der Waals surface area (Å²) in [6.07, 6.45) is 6.31. The molecule has 0 saturated heterocycles. The van der Waals surface area contributed by atoms with E-state index in [2.05, 4.69) is 32.9 Å². The molecule has 0 saturated carbocycles. The van der Waals surface area contributed by atoms with Gasteiger partial charge >= 0.3 is 0 Å². The fourth-order valence-electron chi connectivity index (χ4n) is 1.80. The zero-order chi connectivity index (χ0) is 13.4. The first-order valence-corrected chi connectivity index (χ1v) is 7.19. The molecule has 104 valence electrons. The molecule has 0 N–H and O–H groups in total. The smallest absolute Gasteiger partial charge is 0.254 e. The van der Waals surface area contributed by atoms with Crippen molar-refractivity contribution < 1.29 is 9.26 Å². The molecule has 0 aliphatic heterocycles. The van der Waals surface area contributed by atoms with Crippen molar-refractivity contribution in [3.8, 4) is 5.88 Å². The van der Waals surface area contributed by atoms with Gasteiger partial charge in [-0.15, -0.1) is 0 Å². The SMILES string of the molecule is CC(C)CCCCCCOc1cc(C(C)C)on1. The van der Waals surface area contributed by atoms with Crippen molar-refractivity contribution in [2.24, 2.45) is 5.92 Å². The van der Waals surface area contributed by atoms with E-state index in [-0.39, 0.29) is 0 Å². The van der Waals surface area contributed by atoms with E-state index in [1.165, 1.54) is 25.7 Å². The maximum atomic E-state index is 5.56. The second-order valence-corrected chi connectivity index (χ2v) is 5.67. The van der Waals surface area contributed by atoms with Crippen molar-refractivity contribution in [2.75, 3.05) is 6.61 Å². The van der Waals surface area contributed by atoms with Crippen LogP contribution in [-0.2, 0) is 0 Å². The predicted octanol–water partition coefficient (Wildman–Crippen LogP) is 4.78. The third-order valence-electron chi connectivity index (χ3n) is 3.00. The summed E-state index contributed by atoms with van der Waals surface area (Å²) >= 11 is 0. The van der Waals surface area contributed by atoms with Gasteiger partial charge in [0, 0.05) is 12.0 Å². The van der Waals surface area contributed by atoms with Gasteiger partial charge in [0.1, 0.15) is 5.76 Å². The monoisotopic (exact) mass is 253 g/mol. The van der Waals surface area contributed by atoms with Crippen LogP contribution >= 0.6 is 0 Å². The third kappa shape index (κ3) is 6.08. The highest BCUT2D eigenvalue weighted by atomic mass is 16.5. The second-order valence-electron chi connectivity index (χ2n) is 5.67. The fourth-order valence-corrected chi connectivity index (χ4v) is 1.80. The van der Waals surface area contributed by atoms with E-state index in [4.69, 9.17) is 9.26 Å². The lowest BCUT2D eigenvalue weighted by molar-refractivity contribution is 0.266. The average Bonchev–Trinajstić information content (AvgIpc) is 2.76. The van der Waals surface area contributed by atoms with E-state index in [0.29, 0.717) is 11.8 Å². The second kappa shape index (κ2) is 8.17. The van der Waals surface area contributed by atoms with Gasteiger partial charge in [0.2, 0.25) is 0 Å². The van der Waals surface area contributed by atoms with Gasteiger partial charge in [-0.05, 0) is 17.5 Å². The number of rotatable bonds is 9. The maximum absolute atomic E-state index is 5.56. The first kappa shape index (κ1) is 15.1. The Labute approximate surface area is 111 Å². The van der Waals surface area contributed by atoms with Crippen LogP contribution in [0.5, 0.6) is 5.88 Å². The van der Waals surface area contributed by atoms with Gasteiger partial charge in [0.05, 0.1) is 6.61 Å². The maximum Gasteiger partial charge on any atom is 0.254 e. The molecule has 0 aliphatic rings. The fraction of sp³-hybridized carbons (Fsp3) is 0.800. The molecular formula is C15H27NO2. The van der Waals surface area contributed by atoms with Crippen LogP contribution in [0.1, 0.15) is 71.5 Å². The van der Waals surface area contributed by atoms with Crippen LogP contribution < -0.4 is 4.74 Å². The lowest BCUT2D eigenvalue weighted by atomic mass is 10.0. The van der Waals surface area contributed by atoms with Crippen molar-refractivity contribution in [2.45, 2.75) is 65.7 Å². The zero-order valence-electron chi connectivity index (χ0n) is 12.2. The molecule has 18 heavy (non-hydrogen) atoms. The third-order valence-corrected chi connectivity index (χ3v) is 3.00. The molecule has 1 aromatic rings. The van der Waals surface area contributed by atoms with Crippen molar-refractivity contribution in [1.29, 1.82) is 0 Å². The van der Waals surface area contributed by atoms with E-state index in [9.17, 15) is 0 Å². The molecule has 1 heterocycles. The molecule has 0 aromatic carbocycles. The van der Waals surface area contributed by atoms with Gasteiger partial charge < -0.3 is 9.26 Å². The number of ether oxygens (including phenoxy) is 1. The van der Waals surface area contributed by atoms with Gasteiger partial charge in [-0.2, -0.15) is 0 Å². The van der Waals surface area contributed by atoms with Crippen LogP contribution in [0.25, 0.3) is 0 Å². The summed E-state index contributed by atoms with van der Waals surface area (Å²) in [6.45, 7) is 9.46. The Balaban J connectivity index is 2.03. The highest BCUT2D eigenvalue weighted by molar-refractivity contribution is 5.13. The summed E-state index contributed by atoms with van der Waals surface area (Å²) in [6, 6.07) is 1.89. The van der Waals surface area contributed by atoms with Gasteiger partial charge in [-0.25, -0.2) is 0 Å². The molecule has 0 radical (unpaired) electrons. The highest BCUT2D eigenvalue weighted by Gasteiger charge is 2.08. The van der Waals surface area contributed by atoms with Gasteiger partial charge in [0.15, 0.2) is 0 Å². The number of aromatic nitrogens is 1. The van der Waals surface area contributed by atoms with Crippen molar-refractivity contribution in [1.82, 2.24) is 5.16 Å². The minimum absolute atomic E-state index is 0.367. The summed E-state index contributed by atoms with van der Waals surface area (Å²) in [5.74, 6) is 2.71. The van der Waals surface area contributed by atoms with Crippen LogP contribution in [-0.4, -0.2) is 11.8 Å². The topological polar surface area (TPSA) is 35.3 Å². The van der Waals surface area contributed by atoms with E-state index < -0.39 is 0 Å². The molecule has 0 atom stereocenters. The van der Waals surface area contributed by atoms with Gasteiger partial charge in [-0.1, -0.05) is 53.4 Å². The Hall–Kier alpha value is -0.990. The molecule has 0 aliphatic carbocycles. The highest BCUT2D eigenvalue weighted by Crippen LogP contribution is 2.19. The standard InChI is InChI=1S/C15H27NO2/c1-12(2)9-7-5-6-8-10-17-15-11-14(13(3)4)18-16-15/h11-13H,5-10H2,1-4H3. The molecule has 0 unspecified atom stereocenters. The largest absolute Gasteiger partial charge is 0.476 e. The Kier molecular flexibility index (Phi) is 6.84. The summed E-state index contributed by atoms with van der Waals surface area (Å²) < 4.78 is 10.7. The Morgan fingerprint density at radius 2 is 1.83 bits per heavy atom. The zero-order valence-corrected chi connectivity index (χ0v) is 12.2. The van der Waals surface area contributed by atoms with Crippen LogP contribution in [0, 0.1) is 5.92 Å². The lowest BCUT2D eigenvalue weighted by Gasteiger charge is -2.04. The molecule has 0 amide bonds. The Bertz CT molecular complexity index is 318. The van der Waals surface area contributed by atoms with Crippen LogP contribution in [0.15, 0.2) is 10.6 Å². The first-order valence-electron chi connectivity index (χ1n) is 7.19. The number of hydrogen-bond donors (Lipinski definition) is 0. The van der Waals surface area contributed by atoms with E-state index in [1.807, 2.05) is 6.07 Å².